The van der Waals surface area contributed by atoms with Crippen molar-refractivity contribution in [2.75, 3.05) is 39.8 Å². The molecule has 1 heterocycles. The van der Waals surface area contributed by atoms with Crippen molar-refractivity contribution in [3.05, 3.63) is 35.4 Å². The normalized spacial score (nSPS) is 18.0. The Hall–Kier alpha value is -1.39. The highest BCUT2D eigenvalue weighted by atomic mass is 16.5. The summed E-state index contributed by atoms with van der Waals surface area (Å²) >= 11 is 0. The van der Waals surface area contributed by atoms with E-state index in [-0.39, 0.29) is 11.9 Å². The molecule has 1 aliphatic heterocycles. The van der Waals surface area contributed by atoms with Crippen molar-refractivity contribution in [2.24, 2.45) is 0 Å². The molecule has 1 atom stereocenters. The summed E-state index contributed by atoms with van der Waals surface area (Å²) in [7, 11) is 1.46. The van der Waals surface area contributed by atoms with E-state index in [1.54, 1.807) is 0 Å². The molecule has 1 N–H and O–H groups in total. The number of nitrogens with one attached hydrogen (secondary N) is 1. The molecule has 104 valence electrons. The lowest BCUT2D eigenvalue weighted by atomic mass is 9.96. The first kappa shape index (κ1) is 14.0. The Bertz CT molecular complexity index is 428. The van der Waals surface area contributed by atoms with Crippen LogP contribution in [0.1, 0.15) is 17.0 Å². The summed E-state index contributed by atoms with van der Waals surface area (Å²) < 4.78 is 4.97. The Morgan fingerprint density at radius 2 is 2.16 bits per heavy atom. The minimum absolute atomic E-state index is 0.149. The first-order valence-electron chi connectivity index (χ1n) is 6.78. The summed E-state index contributed by atoms with van der Waals surface area (Å²) in [5, 5.41) is 3.32. The van der Waals surface area contributed by atoms with E-state index < -0.39 is 0 Å². The summed E-state index contributed by atoms with van der Waals surface area (Å²) in [6.45, 7) is 6.72. The second-order valence-electron chi connectivity index (χ2n) is 5.04. The summed E-state index contributed by atoms with van der Waals surface area (Å²) in [6.07, 6.45) is 0. The van der Waals surface area contributed by atoms with Crippen molar-refractivity contribution in [2.45, 2.75) is 12.8 Å². The second-order valence-corrected chi connectivity index (χ2v) is 5.04. The highest BCUT2D eigenvalue weighted by Gasteiger charge is 2.25. The molecule has 2 rings (SSSR count). The lowest BCUT2D eigenvalue weighted by Crippen LogP contribution is -2.45. The van der Waals surface area contributed by atoms with Crippen LogP contribution in [0.2, 0.25) is 0 Å². The third-order valence-electron chi connectivity index (χ3n) is 3.58. The highest BCUT2D eigenvalue weighted by Crippen LogP contribution is 2.20. The lowest BCUT2D eigenvalue weighted by Gasteiger charge is -2.30. The van der Waals surface area contributed by atoms with Crippen LogP contribution in [0, 0.1) is 6.92 Å². The van der Waals surface area contributed by atoms with Gasteiger partial charge in [0.15, 0.2) is 0 Å². The molecule has 0 amide bonds. The molecule has 0 aromatic heterocycles. The molecule has 4 nitrogen and oxygen atoms in total. The average molecular weight is 262 g/mol. The van der Waals surface area contributed by atoms with Crippen LogP contribution in [0.3, 0.4) is 0 Å². The number of nitrogens with zero attached hydrogens (tertiary/aromatic N) is 1. The van der Waals surface area contributed by atoms with Gasteiger partial charge in [-0.25, -0.2) is 0 Å². The zero-order valence-corrected chi connectivity index (χ0v) is 11.7. The number of carbonyl (C=O) groups excluding carboxylic acids is 1. The molecule has 1 aromatic rings. The quantitative estimate of drug-likeness (QED) is 0.827. The molecule has 4 heteroatoms. The fourth-order valence-corrected chi connectivity index (χ4v) is 2.50. The number of rotatable bonds is 4. The fourth-order valence-electron chi connectivity index (χ4n) is 2.50. The Balaban J connectivity index is 2.13. The molecule has 0 saturated carbocycles. The Labute approximate surface area is 114 Å². The summed E-state index contributed by atoms with van der Waals surface area (Å²) in [4.78, 5) is 14.4. The van der Waals surface area contributed by atoms with Gasteiger partial charge in [-0.15, -0.1) is 0 Å². The van der Waals surface area contributed by atoms with Gasteiger partial charge in [-0.3, -0.25) is 9.69 Å². The average Bonchev–Trinajstić information content (AvgIpc) is 2.45. The van der Waals surface area contributed by atoms with E-state index in [4.69, 9.17) is 4.74 Å². The van der Waals surface area contributed by atoms with E-state index in [0.717, 1.165) is 38.3 Å². The predicted molar refractivity (Wildman–Crippen MR) is 75.2 cm³/mol. The Morgan fingerprint density at radius 1 is 1.42 bits per heavy atom. The number of ether oxygens (including phenoxy) is 1. The van der Waals surface area contributed by atoms with Gasteiger partial charge in [0, 0.05) is 32.7 Å². The minimum Gasteiger partial charge on any atom is -0.469 e. The standard InChI is InChI=1S/C15H22N2O2/c1-12-4-3-5-13(10-12)14(15(18)19-2)11-17-8-6-16-7-9-17/h3-5,10,14,16H,6-9,11H2,1-2H3. The molecule has 1 aliphatic rings. The summed E-state index contributed by atoms with van der Waals surface area (Å²) in [5.41, 5.74) is 2.22. The van der Waals surface area contributed by atoms with Gasteiger partial charge in [0.1, 0.15) is 0 Å². The van der Waals surface area contributed by atoms with E-state index in [0.29, 0.717) is 0 Å². The monoisotopic (exact) mass is 262 g/mol. The summed E-state index contributed by atoms with van der Waals surface area (Å²) in [6, 6.07) is 8.13. The number of hydrogen-bond acceptors (Lipinski definition) is 4. The number of methoxy groups -OCH3 is 1. The molecule has 0 spiro atoms. The van der Waals surface area contributed by atoms with Crippen molar-refractivity contribution in [1.29, 1.82) is 0 Å². The van der Waals surface area contributed by atoms with Crippen LogP contribution in [-0.2, 0) is 9.53 Å². The Morgan fingerprint density at radius 3 is 2.79 bits per heavy atom. The van der Waals surface area contributed by atoms with E-state index in [1.807, 2.05) is 25.1 Å². The van der Waals surface area contributed by atoms with Gasteiger partial charge >= 0.3 is 5.97 Å². The van der Waals surface area contributed by atoms with Crippen LogP contribution in [0.15, 0.2) is 24.3 Å². The number of benzene rings is 1. The third kappa shape index (κ3) is 3.78. The first-order chi connectivity index (χ1) is 9.20. The molecule has 0 bridgehead atoms. The van der Waals surface area contributed by atoms with E-state index in [9.17, 15) is 4.79 Å². The van der Waals surface area contributed by atoms with Crippen LogP contribution < -0.4 is 5.32 Å². The SMILES string of the molecule is COC(=O)C(CN1CCNCC1)c1cccc(C)c1. The van der Waals surface area contributed by atoms with E-state index in [2.05, 4.69) is 16.3 Å². The number of esters is 1. The molecule has 1 unspecified atom stereocenters. The minimum atomic E-state index is -0.192. The third-order valence-corrected chi connectivity index (χ3v) is 3.58. The largest absolute Gasteiger partial charge is 0.469 e. The van der Waals surface area contributed by atoms with Crippen LogP contribution in [0.25, 0.3) is 0 Å². The summed E-state index contributed by atoms with van der Waals surface area (Å²) in [5.74, 6) is -0.341. The topological polar surface area (TPSA) is 41.6 Å². The van der Waals surface area contributed by atoms with Gasteiger partial charge in [-0.05, 0) is 12.5 Å². The van der Waals surface area contributed by atoms with Crippen molar-refractivity contribution in [3.63, 3.8) is 0 Å². The predicted octanol–water partition coefficient (Wildman–Crippen LogP) is 1.16. The van der Waals surface area contributed by atoms with E-state index >= 15 is 0 Å². The maximum atomic E-state index is 12.0. The van der Waals surface area contributed by atoms with Crippen molar-refractivity contribution in [1.82, 2.24) is 10.2 Å². The van der Waals surface area contributed by atoms with Gasteiger partial charge in [0.2, 0.25) is 0 Å². The number of carbonyl (C=O) groups is 1. The highest BCUT2D eigenvalue weighted by molar-refractivity contribution is 5.78. The van der Waals surface area contributed by atoms with Gasteiger partial charge in [0.05, 0.1) is 13.0 Å². The van der Waals surface area contributed by atoms with Crippen molar-refractivity contribution < 1.29 is 9.53 Å². The van der Waals surface area contributed by atoms with Crippen LogP contribution in [0.5, 0.6) is 0 Å². The maximum absolute atomic E-state index is 12.0. The Kier molecular flexibility index (Phi) is 4.93. The first-order valence-corrected chi connectivity index (χ1v) is 6.78. The van der Waals surface area contributed by atoms with Crippen LogP contribution in [-0.4, -0.2) is 50.7 Å². The fraction of sp³-hybridized carbons (Fsp3) is 0.533. The molecule has 1 saturated heterocycles. The number of piperazine rings is 1. The molecule has 19 heavy (non-hydrogen) atoms. The van der Waals surface area contributed by atoms with Crippen molar-refractivity contribution in [3.8, 4) is 0 Å². The van der Waals surface area contributed by atoms with Crippen molar-refractivity contribution >= 4 is 5.97 Å². The molecule has 0 radical (unpaired) electrons. The van der Waals surface area contributed by atoms with Gasteiger partial charge < -0.3 is 10.1 Å². The van der Waals surface area contributed by atoms with Gasteiger partial charge in [-0.1, -0.05) is 29.8 Å². The smallest absolute Gasteiger partial charge is 0.314 e. The number of aryl methyl sites for hydroxylation is 1. The molecular weight excluding hydrogens is 240 g/mol. The molecule has 1 aromatic carbocycles. The second kappa shape index (κ2) is 6.68. The van der Waals surface area contributed by atoms with Crippen LogP contribution >= 0.6 is 0 Å². The zero-order chi connectivity index (χ0) is 13.7. The van der Waals surface area contributed by atoms with E-state index in [1.165, 1.54) is 12.7 Å². The maximum Gasteiger partial charge on any atom is 0.314 e. The van der Waals surface area contributed by atoms with Gasteiger partial charge in [-0.2, -0.15) is 0 Å². The molecule has 0 aliphatic carbocycles. The lowest BCUT2D eigenvalue weighted by molar-refractivity contribution is -0.143. The molecule has 1 fully saturated rings. The molecular formula is C15H22N2O2. The van der Waals surface area contributed by atoms with Crippen LogP contribution in [0.4, 0.5) is 0 Å². The zero-order valence-electron chi connectivity index (χ0n) is 11.7. The number of hydrogen-bond donors (Lipinski definition) is 1. The van der Waals surface area contributed by atoms with Gasteiger partial charge in [0.25, 0.3) is 0 Å².